The number of nitrogens with one attached hydrogen (secondary N) is 1. The van der Waals surface area contributed by atoms with E-state index in [1.807, 2.05) is 32.0 Å². The molecule has 21 heavy (non-hydrogen) atoms. The van der Waals surface area contributed by atoms with Crippen molar-refractivity contribution < 1.29 is 4.79 Å². The van der Waals surface area contributed by atoms with E-state index in [0.717, 1.165) is 32.4 Å². The number of hydrogen-bond acceptors (Lipinski definition) is 4. The second kappa shape index (κ2) is 5.33. The number of carbonyl (C=O) groups excluding carboxylic acids is 1. The number of nitrogens with two attached hydrogens (primary N) is 1. The highest BCUT2D eigenvalue weighted by molar-refractivity contribution is 7.99. The van der Waals surface area contributed by atoms with Crippen LogP contribution in [0.2, 0.25) is 5.02 Å². The largest absolute Gasteiger partial charge is 0.324 e. The first-order chi connectivity index (χ1) is 9.94. The summed E-state index contributed by atoms with van der Waals surface area (Å²) < 4.78 is 0. The summed E-state index contributed by atoms with van der Waals surface area (Å²) >= 11 is 7.78. The van der Waals surface area contributed by atoms with Crippen molar-refractivity contribution in [2.75, 3.05) is 5.32 Å². The number of anilines is 1. The van der Waals surface area contributed by atoms with Crippen molar-refractivity contribution >= 4 is 35.0 Å². The van der Waals surface area contributed by atoms with Gasteiger partial charge in [0.2, 0.25) is 5.91 Å². The molecule has 1 aromatic heterocycles. The lowest BCUT2D eigenvalue weighted by molar-refractivity contribution is -0.116. The van der Waals surface area contributed by atoms with Crippen molar-refractivity contribution in [2.45, 2.75) is 29.8 Å². The molecule has 1 aliphatic rings. The number of aryl methyl sites for hydroxylation is 2. The molecule has 0 saturated carbocycles. The number of pyridine rings is 1. The number of benzene rings is 1. The third-order valence-corrected chi connectivity index (χ3v) is 4.67. The second-order valence-corrected chi connectivity index (χ2v) is 6.53. The molecule has 0 bridgehead atoms. The molecule has 1 atom stereocenters. The molecule has 3 rings (SSSR count). The van der Waals surface area contributed by atoms with Crippen LogP contribution < -0.4 is 11.1 Å². The maximum atomic E-state index is 11.6. The Hall–Kier alpha value is -1.56. The van der Waals surface area contributed by atoms with E-state index in [0.29, 0.717) is 5.02 Å². The fourth-order valence-electron chi connectivity index (χ4n) is 2.33. The van der Waals surface area contributed by atoms with Gasteiger partial charge >= 0.3 is 0 Å². The number of nitrogens with zero attached hydrogens (tertiary/aromatic N) is 1. The predicted molar refractivity (Wildman–Crippen MR) is 84.8 cm³/mol. The average molecular weight is 320 g/mol. The first-order valence-corrected chi connectivity index (χ1v) is 7.66. The van der Waals surface area contributed by atoms with Gasteiger partial charge < -0.3 is 11.1 Å². The molecule has 1 unspecified atom stereocenters. The van der Waals surface area contributed by atoms with Crippen LogP contribution in [0.25, 0.3) is 0 Å². The Labute approximate surface area is 132 Å². The van der Waals surface area contributed by atoms with Gasteiger partial charge in [-0.2, -0.15) is 0 Å². The van der Waals surface area contributed by atoms with Crippen LogP contribution in [0.1, 0.15) is 22.9 Å². The van der Waals surface area contributed by atoms with E-state index in [1.165, 1.54) is 11.8 Å². The molecular weight excluding hydrogens is 306 g/mol. The summed E-state index contributed by atoms with van der Waals surface area (Å²) in [7, 11) is 0. The predicted octanol–water partition coefficient (Wildman–Crippen LogP) is 3.45. The number of halogens is 1. The van der Waals surface area contributed by atoms with Gasteiger partial charge in [0.1, 0.15) is 11.1 Å². The van der Waals surface area contributed by atoms with Gasteiger partial charge in [-0.3, -0.25) is 4.79 Å². The molecule has 2 aromatic rings. The van der Waals surface area contributed by atoms with Crippen molar-refractivity contribution in [3.8, 4) is 0 Å². The molecule has 1 aliphatic heterocycles. The van der Waals surface area contributed by atoms with E-state index in [1.54, 1.807) is 6.07 Å². The van der Waals surface area contributed by atoms with Crippen LogP contribution in [0, 0.1) is 13.8 Å². The number of hydrogen-bond donors (Lipinski definition) is 2. The van der Waals surface area contributed by atoms with Crippen molar-refractivity contribution in [3.63, 3.8) is 0 Å². The van der Waals surface area contributed by atoms with E-state index in [2.05, 4.69) is 10.3 Å². The number of amides is 1. The molecule has 1 amide bonds. The van der Waals surface area contributed by atoms with Gasteiger partial charge in [-0.05, 0) is 43.7 Å². The van der Waals surface area contributed by atoms with Crippen LogP contribution in [0.3, 0.4) is 0 Å². The quantitative estimate of drug-likeness (QED) is 0.889. The average Bonchev–Trinajstić information content (AvgIpc) is 2.65. The topological polar surface area (TPSA) is 68.0 Å². The molecule has 3 N–H and O–H groups in total. The SMILES string of the molecule is Cc1cc(C)nc(Sc2cc3c(cc2Cl)C(N)C(=O)N3)c1. The van der Waals surface area contributed by atoms with Crippen molar-refractivity contribution in [1.29, 1.82) is 0 Å². The lowest BCUT2D eigenvalue weighted by Gasteiger charge is -2.09. The molecule has 0 radical (unpaired) electrons. The first-order valence-electron chi connectivity index (χ1n) is 6.47. The van der Waals surface area contributed by atoms with E-state index >= 15 is 0 Å². The first kappa shape index (κ1) is 14.4. The Morgan fingerprint density at radius 1 is 1.29 bits per heavy atom. The lowest BCUT2D eigenvalue weighted by Crippen LogP contribution is -2.19. The maximum Gasteiger partial charge on any atom is 0.245 e. The fourth-order valence-corrected chi connectivity index (χ4v) is 3.61. The molecule has 108 valence electrons. The highest BCUT2D eigenvalue weighted by Crippen LogP contribution is 2.40. The summed E-state index contributed by atoms with van der Waals surface area (Å²) in [6, 6.07) is 6.99. The minimum Gasteiger partial charge on any atom is -0.324 e. The molecule has 0 aliphatic carbocycles. The highest BCUT2D eigenvalue weighted by atomic mass is 35.5. The smallest absolute Gasteiger partial charge is 0.245 e. The van der Waals surface area contributed by atoms with Crippen LogP contribution in [0.15, 0.2) is 34.2 Å². The minimum absolute atomic E-state index is 0.201. The summed E-state index contributed by atoms with van der Waals surface area (Å²) in [6.45, 7) is 3.99. The fraction of sp³-hybridized carbons (Fsp3) is 0.200. The molecule has 0 fully saturated rings. The standard InChI is InChI=1S/C15H14ClN3OS/c1-7-3-8(2)18-13(4-7)21-12-6-11-9(5-10(12)16)14(17)15(20)19-11/h3-6,14H,17H2,1-2H3,(H,19,20). The lowest BCUT2D eigenvalue weighted by atomic mass is 10.1. The summed E-state index contributed by atoms with van der Waals surface area (Å²) in [5.74, 6) is -0.201. The van der Waals surface area contributed by atoms with Gasteiger partial charge in [0, 0.05) is 21.8 Å². The number of fused-ring (bicyclic) bond motifs is 1. The Balaban J connectivity index is 1.97. The zero-order chi connectivity index (χ0) is 15.1. The van der Waals surface area contributed by atoms with Gasteiger partial charge in [0.25, 0.3) is 0 Å². The van der Waals surface area contributed by atoms with Crippen LogP contribution in [0.5, 0.6) is 0 Å². The van der Waals surface area contributed by atoms with Gasteiger partial charge in [-0.25, -0.2) is 4.98 Å². The van der Waals surface area contributed by atoms with Crippen LogP contribution in [-0.2, 0) is 4.79 Å². The molecule has 0 saturated heterocycles. The Bertz CT molecular complexity index is 728. The second-order valence-electron chi connectivity index (χ2n) is 5.06. The van der Waals surface area contributed by atoms with Crippen LogP contribution in [0.4, 0.5) is 5.69 Å². The number of carbonyl (C=O) groups is 1. The molecule has 6 heteroatoms. The third-order valence-electron chi connectivity index (χ3n) is 3.27. The molecule has 2 heterocycles. The zero-order valence-corrected chi connectivity index (χ0v) is 13.2. The van der Waals surface area contributed by atoms with Crippen molar-refractivity contribution in [2.24, 2.45) is 5.73 Å². The van der Waals surface area contributed by atoms with Crippen LogP contribution in [-0.4, -0.2) is 10.9 Å². The molecule has 0 spiro atoms. The van der Waals surface area contributed by atoms with Crippen molar-refractivity contribution in [1.82, 2.24) is 4.98 Å². The molecule has 4 nitrogen and oxygen atoms in total. The van der Waals surface area contributed by atoms with Gasteiger partial charge in [0.05, 0.1) is 5.02 Å². The summed E-state index contributed by atoms with van der Waals surface area (Å²) in [4.78, 5) is 16.9. The summed E-state index contributed by atoms with van der Waals surface area (Å²) in [6.07, 6.45) is 0. The normalized spacial score (nSPS) is 16.8. The van der Waals surface area contributed by atoms with E-state index in [9.17, 15) is 4.79 Å². The van der Waals surface area contributed by atoms with E-state index < -0.39 is 6.04 Å². The van der Waals surface area contributed by atoms with E-state index in [-0.39, 0.29) is 5.91 Å². The Morgan fingerprint density at radius 2 is 2.05 bits per heavy atom. The molecule has 1 aromatic carbocycles. The highest BCUT2D eigenvalue weighted by Gasteiger charge is 2.28. The number of rotatable bonds is 2. The summed E-state index contributed by atoms with van der Waals surface area (Å²) in [5, 5.41) is 4.22. The molecular formula is C15H14ClN3OS. The van der Waals surface area contributed by atoms with E-state index in [4.69, 9.17) is 17.3 Å². The third kappa shape index (κ3) is 2.77. The van der Waals surface area contributed by atoms with Gasteiger partial charge in [0.15, 0.2) is 0 Å². The monoisotopic (exact) mass is 319 g/mol. The van der Waals surface area contributed by atoms with Gasteiger partial charge in [-0.15, -0.1) is 0 Å². The summed E-state index contributed by atoms with van der Waals surface area (Å²) in [5.41, 5.74) is 9.39. The minimum atomic E-state index is -0.643. The van der Waals surface area contributed by atoms with Crippen LogP contribution >= 0.6 is 23.4 Å². The zero-order valence-electron chi connectivity index (χ0n) is 11.6. The maximum absolute atomic E-state index is 11.6. The van der Waals surface area contributed by atoms with Gasteiger partial charge in [-0.1, -0.05) is 23.4 Å². The Morgan fingerprint density at radius 3 is 2.76 bits per heavy atom. The number of aromatic nitrogens is 1. The Kier molecular flexibility index (Phi) is 3.65. The van der Waals surface area contributed by atoms with Crippen molar-refractivity contribution in [3.05, 3.63) is 46.1 Å².